The van der Waals surface area contributed by atoms with Gasteiger partial charge in [-0.25, -0.2) is 4.98 Å². The summed E-state index contributed by atoms with van der Waals surface area (Å²) in [5.41, 5.74) is 3.07. The minimum atomic E-state index is 0.226. The third-order valence-corrected chi connectivity index (χ3v) is 6.23. The highest BCUT2D eigenvalue weighted by Crippen LogP contribution is 2.30. The number of hydrogen-bond acceptors (Lipinski definition) is 5. The van der Waals surface area contributed by atoms with E-state index in [4.69, 9.17) is 21.7 Å². The molecule has 0 bridgehead atoms. The number of aliphatic hydroxyl groups excluding tert-OH is 1. The topological polar surface area (TPSA) is 51.6 Å². The summed E-state index contributed by atoms with van der Waals surface area (Å²) in [5.74, 6) is 0.734. The van der Waals surface area contributed by atoms with E-state index in [0.29, 0.717) is 5.02 Å². The minimum Gasteiger partial charge on any atom is -0.395 e. The molecule has 3 aromatic carbocycles. The van der Waals surface area contributed by atoms with Gasteiger partial charge in [0.25, 0.3) is 0 Å². The van der Waals surface area contributed by atoms with Gasteiger partial charge in [0.1, 0.15) is 5.82 Å². The van der Waals surface area contributed by atoms with Gasteiger partial charge in [-0.2, -0.15) is 0 Å². The maximum atomic E-state index is 9.10. The fraction of sp³-hybridized carbons (Fsp3) is 0.240. The van der Waals surface area contributed by atoms with Crippen molar-refractivity contribution in [3.63, 3.8) is 0 Å². The molecule has 6 heteroatoms. The molecule has 1 aliphatic rings. The molecule has 1 saturated heterocycles. The van der Waals surface area contributed by atoms with E-state index in [1.807, 2.05) is 18.2 Å². The Hall–Kier alpha value is -2.86. The number of benzene rings is 3. The summed E-state index contributed by atoms with van der Waals surface area (Å²) in [4.78, 5) is 9.47. The van der Waals surface area contributed by atoms with Gasteiger partial charge in [0, 0.05) is 55.6 Å². The lowest BCUT2D eigenvalue weighted by Crippen LogP contribution is -2.47. The zero-order chi connectivity index (χ0) is 21.2. The summed E-state index contributed by atoms with van der Waals surface area (Å²) in [6.07, 6.45) is 0. The molecule has 5 nitrogen and oxygen atoms in total. The van der Waals surface area contributed by atoms with Gasteiger partial charge in [-0.3, -0.25) is 4.90 Å². The summed E-state index contributed by atoms with van der Waals surface area (Å²) in [6.45, 7) is 4.89. The van der Waals surface area contributed by atoms with Crippen LogP contribution in [0.1, 0.15) is 0 Å². The van der Waals surface area contributed by atoms with Crippen LogP contribution in [0.15, 0.2) is 66.7 Å². The van der Waals surface area contributed by atoms with Crippen LogP contribution in [-0.4, -0.2) is 54.3 Å². The largest absolute Gasteiger partial charge is 0.395 e. The van der Waals surface area contributed by atoms with Gasteiger partial charge in [-0.1, -0.05) is 35.9 Å². The van der Waals surface area contributed by atoms with Crippen LogP contribution in [0.3, 0.4) is 0 Å². The quantitative estimate of drug-likeness (QED) is 0.439. The molecule has 0 radical (unpaired) electrons. The number of halogens is 1. The Morgan fingerprint density at radius 2 is 1.61 bits per heavy atom. The highest BCUT2D eigenvalue weighted by atomic mass is 35.5. The first-order chi connectivity index (χ1) is 15.2. The number of rotatable bonds is 5. The molecule has 2 N–H and O–H groups in total. The lowest BCUT2D eigenvalue weighted by molar-refractivity contribution is 0.189. The molecule has 0 aliphatic carbocycles. The number of β-amino-alcohol motifs (C(OH)–C–C–N with tert-alkyl or cyclic N) is 1. The highest BCUT2D eigenvalue weighted by molar-refractivity contribution is 6.36. The highest BCUT2D eigenvalue weighted by Gasteiger charge is 2.16. The lowest BCUT2D eigenvalue weighted by atomic mass is 10.1. The number of nitrogens with one attached hydrogen (secondary N) is 1. The van der Waals surface area contributed by atoms with Gasteiger partial charge in [-0.05, 0) is 47.2 Å². The van der Waals surface area contributed by atoms with E-state index in [-0.39, 0.29) is 6.61 Å². The summed E-state index contributed by atoms with van der Waals surface area (Å²) < 4.78 is 0. The predicted molar refractivity (Wildman–Crippen MR) is 130 cm³/mol. The van der Waals surface area contributed by atoms with Crippen molar-refractivity contribution in [1.82, 2.24) is 9.88 Å². The molecule has 5 rings (SSSR count). The van der Waals surface area contributed by atoms with Gasteiger partial charge in [0.05, 0.1) is 17.1 Å². The van der Waals surface area contributed by atoms with E-state index in [1.165, 1.54) is 5.69 Å². The van der Waals surface area contributed by atoms with Crippen molar-refractivity contribution in [2.45, 2.75) is 0 Å². The van der Waals surface area contributed by atoms with E-state index < -0.39 is 0 Å². The fourth-order valence-corrected chi connectivity index (χ4v) is 4.47. The molecule has 0 spiro atoms. The standard InChI is InChI=1S/C25H25ClN4O/c26-23-17-25(28-24-16-19-4-2-1-3-18(19)15-22(23)24)27-20-5-7-21(8-6-20)30-11-9-29(10-12-30)13-14-31/h1-8,15-17,31H,9-14H2,(H,27,28). The van der Waals surface area contributed by atoms with Crippen LogP contribution in [0, 0.1) is 0 Å². The Labute approximate surface area is 186 Å². The summed E-state index contributed by atoms with van der Waals surface area (Å²) >= 11 is 6.58. The number of aromatic nitrogens is 1. The van der Waals surface area contributed by atoms with Crippen molar-refractivity contribution in [3.05, 3.63) is 71.8 Å². The van der Waals surface area contributed by atoms with Crippen molar-refractivity contribution < 1.29 is 5.11 Å². The normalized spacial score (nSPS) is 15.0. The average Bonchev–Trinajstić information content (AvgIpc) is 2.79. The van der Waals surface area contributed by atoms with Crippen molar-refractivity contribution in [1.29, 1.82) is 0 Å². The molecule has 1 fully saturated rings. The number of hydrogen-bond donors (Lipinski definition) is 2. The second-order valence-corrected chi connectivity index (χ2v) is 8.34. The number of piperazine rings is 1. The fourth-order valence-electron chi connectivity index (χ4n) is 4.21. The van der Waals surface area contributed by atoms with Crippen molar-refractivity contribution in [3.8, 4) is 0 Å². The molecular weight excluding hydrogens is 408 g/mol. The second kappa shape index (κ2) is 8.71. The third-order valence-electron chi connectivity index (χ3n) is 5.92. The molecule has 4 aromatic rings. The molecule has 0 saturated carbocycles. The van der Waals surface area contributed by atoms with Crippen molar-refractivity contribution in [2.75, 3.05) is 49.5 Å². The monoisotopic (exact) mass is 432 g/mol. The molecule has 0 amide bonds. The maximum absolute atomic E-state index is 9.10. The molecule has 0 atom stereocenters. The SMILES string of the molecule is OCCN1CCN(c2ccc(Nc3cc(Cl)c4cc5ccccc5cc4n3)cc2)CC1. The van der Waals surface area contributed by atoms with E-state index in [1.54, 1.807) is 0 Å². The Morgan fingerprint density at radius 1 is 0.903 bits per heavy atom. The van der Waals surface area contributed by atoms with Crippen LogP contribution in [0.5, 0.6) is 0 Å². The summed E-state index contributed by atoms with van der Waals surface area (Å²) in [7, 11) is 0. The first-order valence-corrected chi connectivity index (χ1v) is 11.0. The maximum Gasteiger partial charge on any atom is 0.132 e. The Bertz CT molecular complexity index is 1200. The molecule has 31 heavy (non-hydrogen) atoms. The number of fused-ring (bicyclic) bond motifs is 2. The van der Waals surface area contributed by atoms with Gasteiger partial charge in [0.15, 0.2) is 0 Å². The van der Waals surface area contributed by atoms with Crippen LogP contribution >= 0.6 is 11.6 Å². The van der Waals surface area contributed by atoms with Crippen molar-refractivity contribution in [2.24, 2.45) is 0 Å². The van der Waals surface area contributed by atoms with Crippen LogP contribution in [0.4, 0.5) is 17.2 Å². The van der Waals surface area contributed by atoms with E-state index in [2.05, 4.69) is 63.6 Å². The van der Waals surface area contributed by atoms with Crippen LogP contribution in [0.2, 0.25) is 5.02 Å². The molecule has 0 unspecified atom stereocenters. The molecule has 1 aliphatic heterocycles. The lowest BCUT2D eigenvalue weighted by Gasteiger charge is -2.35. The first-order valence-electron chi connectivity index (χ1n) is 10.6. The van der Waals surface area contributed by atoms with Crippen LogP contribution in [-0.2, 0) is 0 Å². The van der Waals surface area contributed by atoms with Crippen LogP contribution in [0.25, 0.3) is 21.7 Å². The average molecular weight is 433 g/mol. The van der Waals surface area contributed by atoms with Gasteiger partial charge in [-0.15, -0.1) is 0 Å². The van der Waals surface area contributed by atoms with Gasteiger partial charge >= 0.3 is 0 Å². The van der Waals surface area contributed by atoms with E-state index in [9.17, 15) is 0 Å². The number of aliphatic hydroxyl groups is 1. The van der Waals surface area contributed by atoms with E-state index in [0.717, 1.165) is 65.9 Å². The Balaban J connectivity index is 1.33. The van der Waals surface area contributed by atoms with Crippen LogP contribution < -0.4 is 10.2 Å². The third kappa shape index (κ3) is 4.30. The first kappa shape index (κ1) is 20.1. The van der Waals surface area contributed by atoms with Crippen molar-refractivity contribution >= 4 is 50.5 Å². The molecular formula is C25H25ClN4O. The molecule has 158 valence electrons. The Morgan fingerprint density at radius 3 is 2.32 bits per heavy atom. The van der Waals surface area contributed by atoms with Gasteiger partial charge < -0.3 is 15.3 Å². The Kier molecular flexibility index (Phi) is 5.64. The molecule has 2 heterocycles. The molecule has 1 aromatic heterocycles. The number of anilines is 3. The number of pyridine rings is 1. The summed E-state index contributed by atoms with van der Waals surface area (Å²) in [5, 5.41) is 16.5. The number of nitrogens with zero attached hydrogens (tertiary/aromatic N) is 3. The predicted octanol–water partition coefficient (Wildman–Crippen LogP) is 4.90. The zero-order valence-electron chi connectivity index (χ0n) is 17.3. The zero-order valence-corrected chi connectivity index (χ0v) is 18.0. The summed E-state index contributed by atoms with van der Waals surface area (Å²) in [6, 6.07) is 22.7. The minimum absolute atomic E-state index is 0.226. The smallest absolute Gasteiger partial charge is 0.132 e. The van der Waals surface area contributed by atoms with Gasteiger partial charge in [0.2, 0.25) is 0 Å². The van der Waals surface area contributed by atoms with E-state index >= 15 is 0 Å². The second-order valence-electron chi connectivity index (χ2n) is 7.93.